The van der Waals surface area contributed by atoms with Crippen LogP contribution < -0.4 is 26.0 Å². The molecule has 3 aromatic rings. The Morgan fingerprint density at radius 3 is 2.36 bits per heavy atom. The largest absolute Gasteiger partial charge is 0.477 e. The summed E-state index contributed by atoms with van der Waals surface area (Å²) in [4.78, 5) is 38.7. The first-order valence-electron chi connectivity index (χ1n) is 10.8. The zero-order chi connectivity index (χ0) is 25.9. The number of amides is 3. The van der Waals surface area contributed by atoms with E-state index in [-0.39, 0.29) is 24.3 Å². The Kier molecular flexibility index (Phi) is 6.82. The molecule has 0 fully saturated rings. The fourth-order valence-electron chi connectivity index (χ4n) is 3.69. The van der Waals surface area contributed by atoms with Crippen LogP contribution in [0.1, 0.15) is 15.9 Å². The van der Waals surface area contributed by atoms with Gasteiger partial charge in [-0.3, -0.25) is 14.4 Å². The van der Waals surface area contributed by atoms with Gasteiger partial charge in [0.15, 0.2) is 6.10 Å². The number of ether oxygens (including phenoxy) is 1. The molecule has 1 aliphatic heterocycles. The number of fused-ring (bicyclic) bond motifs is 1. The van der Waals surface area contributed by atoms with E-state index in [2.05, 4.69) is 10.6 Å². The summed E-state index contributed by atoms with van der Waals surface area (Å²) >= 11 is 0. The third kappa shape index (κ3) is 5.74. The number of carbonyl (C=O) groups is 3. The highest BCUT2D eigenvalue weighted by Crippen LogP contribution is 2.33. The number of carbonyl (C=O) groups excluding carboxylic acids is 3. The third-order valence-electron chi connectivity index (χ3n) is 5.37. The van der Waals surface area contributed by atoms with Crippen molar-refractivity contribution in [3.8, 4) is 5.75 Å². The van der Waals surface area contributed by atoms with Gasteiger partial charge in [-0.1, -0.05) is 24.3 Å². The van der Waals surface area contributed by atoms with Gasteiger partial charge in [-0.25, -0.2) is 0 Å². The van der Waals surface area contributed by atoms with E-state index in [9.17, 15) is 27.6 Å². The second-order valence-electron chi connectivity index (χ2n) is 8.02. The number of nitrogens with zero attached hydrogens (tertiary/aromatic N) is 1. The Morgan fingerprint density at radius 2 is 1.64 bits per heavy atom. The number of para-hydroxylation sites is 2. The standard InChI is InChI=1S/C25H21F3N4O4/c26-25(27,28)16-6-4-8-18(12-16)31-24(35)15-5-3-7-17(11-15)30-22(33)14-32-13-21(23(29)34)36-20-10-2-1-9-19(20)32/h1-12,21H,13-14H2,(H2,29,34)(H,30,33)(H,31,35)/t21-/m1/s1. The number of benzene rings is 3. The molecular weight excluding hydrogens is 477 g/mol. The number of alkyl halides is 3. The van der Waals surface area contributed by atoms with Gasteiger partial charge in [-0.05, 0) is 48.5 Å². The fraction of sp³-hybridized carbons (Fsp3) is 0.160. The van der Waals surface area contributed by atoms with Crippen LogP contribution in [0.5, 0.6) is 5.75 Å². The monoisotopic (exact) mass is 498 g/mol. The van der Waals surface area contributed by atoms with Gasteiger partial charge in [-0.15, -0.1) is 0 Å². The average Bonchev–Trinajstić information content (AvgIpc) is 2.83. The molecule has 3 amide bonds. The Labute approximate surface area is 203 Å². The average molecular weight is 498 g/mol. The van der Waals surface area contributed by atoms with Gasteiger partial charge in [0.2, 0.25) is 5.91 Å². The Hall–Kier alpha value is -4.54. The molecule has 1 heterocycles. The van der Waals surface area contributed by atoms with Gasteiger partial charge < -0.3 is 26.0 Å². The smallest absolute Gasteiger partial charge is 0.416 e. The summed E-state index contributed by atoms with van der Waals surface area (Å²) in [5, 5.41) is 5.11. The SMILES string of the molecule is NC(=O)[C@H]1CN(CC(=O)Nc2cccc(C(=O)Nc3cccc(C(F)(F)F)c3)c2)c2ccccc2O1. The minimum Gasteiger partial charge on any atom is -0.477 e. The van der Waals surface area contributed by atoms with E-state index in [0.717, 1.165) is 12.1 Å². The Morgan fingerprint density at radius 1 is 0.944 bits per heavy atom. The van der Waals surface area contributed by atoms with Gasteiger partial charge in [0, 0.05) is 16.9 Å². The van der Waals surface area contributed by atoms with Crippen LogP contribution in [-0.2, 0) is 15.8 Å². The summed E-state index contributed by atoms with van der Waals surface area (Å²) < 4.78 is 44.4. The molecule has 0 saturated heterocycles. The van der Waals surface area contributed by atoms with Crippen molar-refractivity contribution in [1.82, 2.24) is 0 Å². The molecule has 0 aromatic heterocycles. The van der Waals surface area contributed by atoms with Gasteiger partial charge in [0.1, 0.15) is 5.75 Å². The van der Waals surface area contributed by atoms with Crippen LogP contribution >= 0.6 is 0 Å². The predicted octanol–water partition coefficient (Wildman–Crippen LogP) is 3.65. The van der Waals surface area contributed by atoms with Crippen molar-refractivity contribution in [2.24, 2.45) is 5.73 Å². The van der Waals surface area contributed by atoms with E-state index >= 15 is 0 Å². The Bertz CT molecular complexity index is 1310. The minimum atomic E-state index is -4.54. The number of hydrogen-bond acceptors (Lipinski definition) is 5. The van der Waals surface area contributed by atoms with Gasteiger partial charge >= 0.3 is 6.18 Å². The van der Waals surface area contributed by atoms with Crippen molar-refractivity contribution in [3.63, 3.8) is 0 Å². The van der Waals surface area contributed by atoms with Crippen LogP contribution in [-0.4, -0.2) is 36.9 Å². The predicted molar refractivity (Wildman–Crippen MR) is 127 cm³/mol. The first-order valence-corrected chi connectivity index (χ1v) is 10.8. The van der Waals surface area contributed by atoms with E-state index in [0.29, 0.717) is 17.1 Å². The van der Waals surface area contributed by atoms with Crippen LogP contribution in [0.3, 0.4) is 0 Å². The molecule has 0 radical (unpaired) electrons. The van der Waals surface area contributed by atoms with Gasteiger partial charge in [0.05, 0.1) is 24.3 Å². The number of nitrogens with two attached hydrogens (primary N) is 1. The molecule has 0 unspecified atom stereocenters. The first kappa shape index (κ1) is 24.6. The number of primary amides is 1. The molecule has 0 spiro atoms. The van der Waals surface area contributed by atoms with E-state index in [1.54, 1.807) is 35.2 Å². The zero-order valence-electron chi connectivity index (χ0n) is 18.7. The van der Waals surface area contributed by atoms with Crippen molar-refractivity contribution in [2.45, 2.75) is 12.3 Å². The zero-order valence-corrected chi connectivity index (χ0v) is 18.7. The number of rotatable bonds is 6. The molecule has 0 bridgehead atoms. The van der Waals surface area contributed by atoms with Crippen molar-refractivity contribution >= 4 is 34.8 Å². The molecule has 4 N–H and O–H groups in total. The molecule has 11 heteroatoms. The van der Waals surface area contributed by atoms with E-state index in [4.69, 9.17) is 10.5 Å². The number of anilines is 3. The summed E-state index contributed by atoms with van der Waals surface area (Å²) in [6, 6.07) is 17.2. The van der Waals surface area contributed by atoms with Gasteiger partial charge in [0.25, 0.3) is 11.8 Å². The van der Waals surface area contributed by atoms with E-state index < -0.39 is 35.6 Å². The molecule has 0 saturated carbocycles. The lowest BCUT2D eigenvalue weighted by Crippen LogP contribution is -2.49. The lowest BCUT2D eigenvalue weighted by molar-refractivity contribution is -0.137. The van der Waals surface area contributed by atoms with Gasteiger partial charge in [-0.2, -0.15) is 13.2 Å². The van der Waals surface area contributed by atoms with Crippen molar-refractivity contribution in [3.05, 3.63) is 83.9 Å². The lowest BCUT2D eigenvalue weighted by atomic mass is 10.1. The quantitative estimate of drug-likeness (QED) is 0.480. The van der Waals surface area contributed by atoms with Crippen LogP contribution in [0.25, 0.3) is 0 Å². The number of halogens is 3. The maximum absolute atomic E-state index is 12.9. The highest BCUT2D eigenvalue weighted by Gasteiger charge is 2.31. The van der Waals surface area contributed by atoms with Crippen molar-refractivity contribution in [1.29, 1.82) is 0 Å². The molecular formula is C25H21F3N4O4. The number of nitrogens with one attached hydrogen (secondary N) is 2. The lowest BCUT2D eigenvalue weighted by Gasteiger charge is -2.34. The molecule has 1 atom stereocenters. The summed E-state index contributed by atoms with van der Waals surface area (Å²) in [6.45, 7) is -0.0377. The normalized spacial score (nSPS) is 14.9. The second-order valence-corrected chi connectivity index (χ2v) is 8.02. The minimum absolute atomic E-state index is 0.0146. The summed E-state index contributed by atoms with van der Waals surface area (Å²) in [6.07, 6.45) is -5.46. The Balaban J connectivity index is 1.43. The van der Waals surface area contributed by atoms with Crippen LogP contribution in [0.4, 0.5) is 30.2 Å². The summed E-state index contributed by atoms with van der Waals surface area (Å²) in [7, 11) is 0. The molecule has 8 nitrogen and oxygen atoms in total. The molecule has 186 valence electrons. The van der Waals surface area contributed by atoms with Crippen molar-refractivity contribution in [2.75, 3.05) is 28.6 Å². The molecule has 1 aliphatic rings. The topological polar surface area (TPSA) is 114 Å². The summed E-state index contributed by atoms with van der Waals surface area (Å²) in [5.41, 5.74) is 5.56. The van der Waals surface area contributed by atoms with Crippen LogP contribution in [0.15, 0.2) is 72.8 Å². The maximum atomic E-state index is 12.9. The van der Waals surface area contributed by atoms with E-state index in [1.807, 2.05) is 0 Å². The summed E-state index contributed by atoms with van der Waals surface area (Å²) in [5.74, 6) is -1.30. The first-order chi connectivity index (χ1) is 17.1. The molecule has 3 aromatic carbocycles. The molecule has 36 heavy (non-hydrogen) atoms. The molecule has 4 rings (SSSR count). The highest BCUT2D eigenvalue weighted by atomic mass is 19.4. The van der Waals surface area contributed by atoms with E-state index in [1.165, 1.54) is 30.3 Å². The molecule has 0 aliphatic carbocycles. The van der Waals surface area contributed by atoms with Crippen LogP contribution in [0.2, 0.25) is 0 Å². The number of hydrogen-bond donors (Lipinski definition) is 3. The fourth-order valence-corrected chi connectivity index (χ4v) is 3.69. The van der Waals surface area contributed by atoms with Crippen molar-refractivity contribution < 1.29 is 32.3 Å². The second kappa shape index (κ2) is 9.98. The third-order valence-corrected chi connectivity index (χ3v) is 5.37. The maximum Gasteiger partial charge on any atom is 0.416 e. The van der Waals surface area contributed by atoms with Crippen LogP contribution in [0, 0.1) is 0 Å². The highest BCUT2D eigenvalue weighted by molar-refractivity contribution is 6.05.